The Labute approximate surface area is 151 Å². The normalized spacial score (nSPS) is 11.9. The van der Waals surface area contributed by atoms with Crippen molar-refractivity contribution < 1.29 is 23.5 Å². The number of methoxy groups -OCH3 is 1. The van der Waals surface area contributed by atoms with Crippen LogP contribution in [0.15, 0.2) is 45.1 Å². The van der Waals surface area contributed by atoms with E-state index in [4.69, 9.17) is 13.9 Å². The molecule has 138 valence electrons. The molecule has 0 aliphatic heterocycles. The fraction of sp³-hybridized carbons (Fsp3) is 0.350. The molecule has 2 rings (SSSR count). The Hall–Kier alpha value is -2.89. The molecule has 6 nitrogen and oxygen atoms in total. The lowest BCUT2D eigenvalue weighted by atomic mass is 9.95. The second kappa shape index (κ2) is 7.99. The third-order valence-electron chi connectivity index (χ3n) is 3.74. The first-order chi connectivity index (χ1) is 12.2. The van der Waals surface area contributed by atoms with E-state index >= 15 is 0 Å². The second-order valence-corrected chi connectivity index (χ2v) is 6.45. The minimum absolute atomic E-state index is 0.167. The van der Waals surface area contributed by atoms with Crippen molar-refractivity contribution in [3.05, 3.63) is 51.9 Å². The molecular weight excluding hydrogens is 336 g/mol. The van der Waals surface area contributed by atoms with Crippen LogP contribution in [-0.2, 0) is 14.3 Å². The summed E-state index contributed by atoms with van der Waals surface area (Å²) in [6.07, 6.45) is 0.0521. The maximum atomic E-state index is 12.8. The van der Waals surface area contributed by atoms with E-state index in [0.29, 0.717) is 11.1 Å². The van der Waals surface area contributed by atoms with E-state index in [9.17, 15) is 14.4 Å². The van der Waals surface area contributed by atoms with Crippen LogP contribution in [0.25, 0.3) is 11.0 Å². The van der Waals surface area contributed by atoms with Crippen molar-refractivity contribution in [1.29, 1.82) is 0 Å². The van der Waals surface area contributed by atoms with Gasteiger partial charge in [0.15, 0.2) is 11.9 Å². The van der Waals surface area contributed by atoms with E-state index < -0.39 is 23.6 Å². The lowest BCUT2D eigenvalue weighted by Gasteiger charge is -2.21. The van der Waals surface area contributed by atoms with Crippen molar-refractivity contribution in [2.45, 2.75) is 33.8 Å². The fourth-order valence-corrected chi connectivity index (χ4v) is 2.51. The van der Waals surface area contributed by atoms with E-state index in [2.05, 4.69) is 0 Å². The van der Waals surface area contributed by atoms with E-state index in [1.54, 1.807) is 45.9 Å². The molecule has 0 bridgehead atoms. The first-order valence-corrected chi connectivity index (χ1v) is 8.24. The summed E-state index contributed by atoms with van der Waals surface area (Å²) in [5.74, 6) is -1.08. The quantitative estimate of drug-likeness (QED) is 0.446. The third-order valence-corrected chi connectivity index (χ3v) is 3.74. The van der Waals surface area contributed by atoms with Gasteiger partial charge in [0, 0.05) is 23.4 Å². The van der Waals surface area contributed by atoms with Crippen LogP contribution in [-0.4, -0.2) is 18.9 Å². The van der Waals surface area contributed by atoms with E-state index in [1.807, 2.05) is 0 Å². The number of fused-ring (bicyclic) bond motifs is 1. The molecule has 0 aliphatic rings. The van der Waals surface area contributed by atoms with E-state index in [1.165, 1.54) is 19.3 Å². The van der Waals surface area contributed by atoms with Crippen LogP contribution in [0, 0.1) is 5.92 Å². The van der Waals surface area contributed by atoms with Gasteiger partial charge in [-0.15, -0.1) is 0 Å². The molecule has 0 aliphatic carbocycles. The predicted octanol–water partition coefficient (Wildman–Crippen LogP) is 3.58. The van der Waals surface area contributed by atoms with Gasteiger partial charge < -0.3 is 13.9 Å². The van der Waals surface area contributed by atoms with Gasteiger partial charge >= 0.3 is 11.6 Å². The highest BCUT2D eigenvalue weighted by Crippen LogP contribution is 2.36. The van der Waals surface area contributed by atoms with Crippen LogP contribution in [0.1, 0.15) is 39.4 Å². The summed E-state index contributed by atoms with van der Waals surface area (Å²) in [6.45, 7) is 6.91. The summed E-state index contributed by atoms with van der Waals surface area (Å²) in [7, 11) is 1.43. The van der Waals surface area contributed by atoms with Gasteiger partial charge in [-0.05, 0) is 32.0 Å². The molecule has 0 spiro atoms. The molecule has 0 amide bonds. The molecule has 1 atom stereocenters. The first kappa shape index (κ1) is 19.4. The van der Waals surface area contributed by atoms with E-state index in [-0.39, 0.29) is 16.9 Å². The lowest BCUT2D eigenvalue weighted by molar-refractivity contribution is -0.152. The van der Waals surface area contributed by atoms with Gasteiger partial charge in [-0.1, -0.05) is 19.4 Å². The highest BCUT2D eigenvalue weighted by Gasteiger charge is 2.32. The average molecular weight is 358 g/mol. The standard InChI is InChI=1S/C20H22O6/c1-11(2)10-16(22)26-20(18(23)12(3)4)17-14(24-5)8-6-13-7-9-15(21)25-19(13)17/h6-10,12,20H,1-5H3/t20-/m1/s1. The minimum atomic E-state index is -1.25. The third kappa shape index (κ3) is 4.20. The number of ether oxygens (including phenoxy) is 2. The molecule has 0 saturated carbocycles. The van der Waals surface area contributed by atoms with E-state index in [0.717, 1.165) is 5.57 Å². The predicted molar refractivity (Wildman–Crippen MR) is 97.1 cm³/mol. The summed E-state index contributed by atoms with van der Waals surface area (Å²) in [5, 5.41) is 0.597. The largest absolute Gasteiger partial charge is 0.496 e. The number of Topliss-reactive ketones (excluding diaryl/α,β-unsaturated/α-hetero) is 1. The highest BCUT2D eigenvalue weighted by atomic mass is 16.5. The van der Waals surface area contributed by atoms with Crippen LogP contribution >= 0.6 is 0 Å². The number of hydrogen-bond acceptors (Lipinski definition) is 6. The number of esters is 1. The molecule has 1 aromatic carbocycles. The number of ketones is 1. The molecule has 0 fully saturated rings. The maximum Gasteiger partial charge on any atom is 0.336 e. The Morgan fingerprint density at radius 3 is 2.35 bits per heavy atom. The molecular formula is C20H22O6. The minimum Gasteiger partial charge on any atom is -0.496 e. The summed E-state index contributed by atoms with van der Waals surface area (Å²) < 4.78 is 16.1. The number of carbonyl (C=O) groups excluding carboxylic acids is 2. The summed E-state index contributed by atoms with van der Waals surface area (Å²) in [6, 6.07) is 6.22. The molecule has 0 radical (unpaired) electrons. The van der Waals surface area contributed by atoms with Crippen LogP contribution in [0.3, 0.4) is 0 Å². The summed E-state index contributed by atoms with van der Waals surface area (Å²) in [5.41, 5.74) is 0.568. The number of hydrogen-bond donors (Lipinski definition) is 0. The van der Waals surface area contributed by atoms with Gasteiger partial charge in [0.25, 0.3) is 0 Å². The molecule has 0 unspecified atom stereocenters. The van der Waals surface area contributed by atoms with Gasteiger partial charge in [0.1, 0.15) is 11.3 Å². The molecule has 2 aromatic rings. The Morgan fingerprint density at radius 2 is 1.77 bits per heavy atom. The van der Waals surface area contributed by atoms with Crippen LogP contribution in [0.5, 0.6) is 5.75 Å². The number of carbonyl (C=O) groups is 2. The SMILES string of the molecule is COc1ccc2ccc(=O)oc2c1[C@@H](OC(=O)C=C(C)C)C(=O)C(C)C. The fourth-order valence-electron chi connectivity index (χ4n) is 2.51. The molecule has 26 heavy (non-hydrogen) atoms. The molecule has 1 heterocycles. The van der Waals surface area contributed by atoms with Crippen molar-refractivity contribution >= 4 is 22.7 Å². The highest BCUT2D eigenvalue weighted by molar-refractivity contribution is 5.95. The number of rotatable bonds is 6. The lowest BCUT2D eigenvalue weighted by Crippen LogP contribution is -2.24. The van der Waals surface area contributed by atoms with Gasteiger partial charge in [0.05, 0.1) is 12.7 Å². The average Bonchev–Trinajstić information content (AvgIpc) is 2.57. The van der Waals surface area contributed by atoms with Crippen molar-refractivity contribution in [2.75, 3.05) is 7.11 Å². The van der Waals surface area contributed by atoms with Crippen molar-refractivity contribution in [1.82, 2.24) is 0 Å². The Morgan fingerprint density at radius 1 is 1.12 bits per heavy atom. The zero-order chi connectivity index (χ0) is 19.4. The Bertz CT molecular complexity index is 916. The Kier molecular flexibility index (Phi) is 5.97. The smallest absolute Gasteiger partial charge is 0.336 e. The van der Waals surface area contributed by atoms with Gasteiger partial charge in [-0.2, -0.15) is 0 Å². The molecule has 0 saturated heterocycles. The van der Waals surface area contributed by atoms with Crippen LogP contribution in [0.4, 0.5) is 0 Å². The number of benzene rings is 1. The summed E-state index contributed by atoms with van der Waals surface area (Å²) >= 11 is 0. The molecule has 0 N–H and O–H groups in total. The van der Waals surface area contributed by atoms with Gasteiger partial charge in [-0.3, -0.25) is 4.79 Å². The zero-order valence-corrected chi connectivity index (χ0v) is 15.5. The first-order valence-electron chi connectivity index (χ1n) is 8.24. The second-order valence-electron chi connectivity index (χ2n) is 6.45. The molecule has 1 aromatic heterocycles. The maximum absolute atomic E-state index is 12.8. The summed E-state index contributed by atoms with van der Waals surface area (Å²) in [4.78, 5) is 36.7. The Balaban J connectivity index is 2.72. The van der Waals surface area contributed by atoms with Crippen molar-refractivity contribution in [2.24, 2.45) is 5.92 Å². The van der Waals surface area contributed by atoms with Crippen molar-refractivity contribution in [3.8, 4) is 5.75 Å². The van der Waals surface area contributed by atoms with Crippen molar-refractivity contribution in [3.63, 3.8) is 0 Å². The van der Waals surface area contributed by atoms with Crippen LogP contribution < -0.4 is 10.4 Å². The number of allylic oxidation sites excluding steroid dienone is 1. The zero-order valence-electron chi connectivity index (χ0n) is 15.5. The van der Waals surface area contributed by atoms with Gasteiger partial charge in [0.2, 0.25) is 0 Å². The topological polar surface area (TPSA) is 82.8 Å². The monoisotopic (exact) mass is 358 g/mol. The molecule has 6 heteroatoms. The van der Waals surface area contributed by atoms with Gasteiger partial charge in [-0.25, -0.2) is 9.59 Å². The van der Waals surface area contributed by atoms with Crippen LogP contribution in [0.2, 0.25) is 0 Å².